The standard InChI is InChI=1S/C15H15FOS/c1-11-5-3-6-12(2)15(11)10-18(17)14-8-4-7-13(16)9-14/h3-9H,10H2,1-2H3. The van der Waals surface area contributed by atoms with Crippen LogP contribution in [-0.4, -0.2) is 4.21 Å². The molecule has 0 fully saturated rings. The van der Waals surface area contributed by atoms with E-state index in [1.807, 2.05) is 32.0 Å². The first-order valence-corrected chi connectivity index (χ1v) is 7.09. The lowest BCUT2D eigenvalue weighted by Crippen LogP contribution is -2.01. The minimum Gasteiger partial charge on any atom is -0.254 e. The van der Waals surface area contributed by atoms with Crippen molar-refractivity contribution in [3.05, 3.63) is 65.0 Å². The van der Waals surface area contributed by atoms with Crippen LogP contribution in [-0.2, 0) is 16.6 Å². The van der Waals surface area contributed by atoms with Gasteiger partial charge in [0.2, 0.25) is 0 Å². The van der Waals surface area contributed by atoms with E-state index in [9.17, 15) is 8.60 Å². The summed E-state index contributed by atoms with van der Waals surface area (Å²) in [6.07, 6.45) is 0. The lowest BCUT2D eigenvalue weighted by molar-refractivity contribution is 0.622. The van der Waals surface area contributed by atoms with Gasteiger partial charge in [-0.1, -0.05) is 24.3 Å². The van der Waals surface area contributed by atoms with Crippen molar-refractivity contribution in [2.24, 2.45) is 0 Å². The van der Waals surface area contributed by atoms with E-state index >= 15 is 0 Å². The molecule has 0 aliphatic rings. The zero-order valence-electron chi connectivity index (χ0n) is 10.4. The van der Waals surface area contributed by atoms with Gasteiger partial charge in [-0.15, -0.1) is 0 Å². The van der Waals surface area contributed by atoms with Crippen LogP contribution in [0.1, 0.15) is 16.7 Å². The molecule has 0 aliphatic heterocycles. The summed E-state index contributed by atoms with van der Waals surface area (Å²) in [5.41, 5.74) is 3.33. The fourth-order valence-electron chi connectivity index (χ4n) is 1.90. The van der Waals surface area contributed by atoms with Crippen LogP contribution in [0.5, 0.6) is 0 Å². The highest BCUT2D eigenvalue weighted by molar-refractivity contribution is 7.84. The Balaban J connectivity index is 2.27. The van der Waals surface area contributed by atoms with Crippen LogP contribution in [0.3, 0.4) is 0 Å². The average Bonchev–Trinajstić information content (AvgIpc) is 2.34. The Hall–Kier alpha value is -1.48. The monoisotopic (exact) mass is 262 g/mol. The number of rotatable bonds is 3. The molecular formula is C15H15FOS. The van der Waals surface area contributed by atoms with Gasteiger partial charge in [-0.3, -0.25) is 4.21 Å². The minimum atomic E-state index is -1.21. The van der Waals surface area contributed by atoms with Gasteiger partial charge in [0, 0.05) is 4.90 Å². The molecule has 2 aromatic rings. The van der Waals surface area contributed by atoms with Gasteiger partial charge < -0.3 is 0 Å². The van der Waals surface area contributed by atoms with E-state index in [0.29, 0.717) is 10.6 Å². The Morgan fingerprint density at radius 1 is 1.06 bits per heavy atom. The second-order valence-electron chi connectivity index (χ2n) is 4.32. The second-order valence-corrected chi connectivity index (χ2v) is 5.77. The van der Waals surface area contributed by atoms with Crippen LogP contribution in [0.15, 0.2) is 47.4 Å². The molecule has 0 amide bonds. The summed E-state index contributed by atoms with van der Waals surface area (Å²) in [6, 6.07) is 12.0. The molecule has 0 radical (unpaired) electrons. The van der Waals surface area contributed by atoms with E-state index in [-0.39, 0.29) is 5.82 Å². The third-order valence-electron chi connectivity index (χ3n) is 2.98. The van der Waals surface area contributed by atoms with Crippen LogP contribution in [0.25, 0.3) is 0 Å². The largest absolute Gasteiger partial charge is 0.254 e. The van der Waals surface area contributed by atoms with Crippen molar-refractivity contribution in [1.29, 1.82) is 0 Å². The van der Waals surface area contributed by atoms with Crippen molar-refractivity contribution in [1.82, 2.24) is 0 Å². The van der Waals surface area contributed by atoms with Gasteiger partial charge in [0.25, 0.3) is 0 Å². The van der Waals surface area contributed by atoms with E-state index < -0.39 is 10.8 Å². The Morgan fingerprint density at radius 3 is 2.28 bits per heavy atom. The van der Waals surface area contributed by atoms with Crippen LogP contribution in [0.4, 0.5) is 4.39 Å². The summed E-state index contributed by atoms with van der Waals surface area (Å²) in [6.45, 7) is 4.01. The quantitative estimate of drug-likeness (QED) is 0.823. The minimum absolute atomic E-state index is 0.345. The summed E-state index contributed by atoms with van der Waals surface area (Å²) in [5.74, 6) is 0.0875. The SMILES string of the molecule is Cc1cccc(C)c1CS(=O)c1cccc(F)c1. The number of aryl methyl sites for hydroxylation is 2. The molecule has 0 saturated heterocycles. The summed E-state index contributed by atoms with van der Waals surface area (Å²) >= 11 is 0. The molecule has 1 nitrogen and oxygen atoms in total. The molecule has 0 saturated carbocycles. The van der Waals surface area contributed by atoms with Gasteiger partial charge in [-0.25, -0.2) is 4.39 Å². The van der Waals surface area contributed by atoms with E-state index in [2.05, 4.69) is 0 Å². The van der Waals surface area contributed by atoms with Crippen molar-refractivity contribution in [3.63, 3.8) is 0 Å². The first-order valence-electron chi connectivity index (χ1n) is 5.77. The number of hydrogen-bond acceptors (Lipinski definition) is 1. The number of halogens is 1. The summed E-state index contributed by atoms with van der Waals surface area (Å²) in [4.78, 5) is 0.539. The van der Waals surface area contributed by atoms with Gasteiger partial charge in [0.1, 0.15) is 5.82 Å². The Morgan fingerprint density at radius 2 is 1.67 bits per heavy atom. The molecule has 3 heteroatoms. The normalized spacial score (nSPS) is 12.4. The van der Waals surface area contributed by atoms with E-state index in [1.54, 1.807) is 12.1 Å². The lowest BCUT2D eigenvalue weighted by atomic mass is 10.1. The third-order valence-corrected chi connectivity index (χ3v) is 4.31. The fourth-order valence-corrected chi connectivity index (χ4v) is 3.26. The third kappa shape index (κ3) is 2.85. The molecule has 2 rings (SSSR count). The van der Waals surface area contributed by atoms with E-state index in [1.165, 1.54) is 12.1 Å². The maximum Gasteiger partial charge on any atom is 0.124 e. The van der Waals surface area contributed by atoms with Crippen molar-refractivity contribution in [2.75, 3.05) is 0 Å². The molecule has 0 aliphatic carbocycles. The maximum atomic E-state index is 13.1. The van der Waals surface area contributed by atoms with Crippen molar-refractivity contribution in [3.8, 4) is 0 Å². The van der Waals surface area contributed by atoms with Crippen LogP contribution < -0.4 is 0 Å². The Labute approximate surface area is 109 Å². The van der Waals surface area contributed by atoms with Gasteiger partial charge in [0.15, 0.2) is 0 Å². The molecule has 0 N–H and O–H groups in total. The zero-order valence-corrected chi connectivity index (χ0v) is 11.3. The molecule has 0 bridgehead atoms. The van der Waals surface area contributed by atoms with Crippen LogP contribution in [0, 0.1) is 19.7 Å². The molecule has 1 unspecified atom stereocenters. The molecule has 0 heterocycles. The summed E-state index contributed by atoms with van der Waals surface area (Å²) in [7, 11) is -1.21. The van der Waals surface area contributed by atoms with Gasteiger partial charge in [-0.2, -0.15) is 0 Å². The first-order chi connectivity index (χ1) is 8.58. The van der Waals surface area contributed by atoms with Gasteiger partial charge in [-0.05, 0) is 48.7 Å². The Kier molecular flexibility index (Phi) is 3.92. The first kappa shape index (κ1) is 13.0. The van der Waals surface area contributed by atoms with E-state index in [0.717, 1.165) is 16.7 Å². The molecule has 1 atom stereocenters. The molecule has 18 heavy (non-hydrogen) atoms. The van der Waals surface area contributed by atoms with Crippen LogP contribution in [0.2, 0.25) is 0 Å². The molecule has 2 aromatic carbocycles. The summed E-state index contributed by atoms with van der Waals surface area (Å²) < 4.78 is 25.3. The highest BCUT2D eigenvalue weighted by Crippen LogP contribution is 2.19. The van der Waals surface area contributed by atoms with Crippen molar-refractivity contribution < 1.29 is 8.60 Å². The van der Waals surface area contributed by atoms with Gasteiger partial charge in [0.05, 0.1) is 16.6 Å². The molecule has 0 spiro atoms. The zero-order chi connectivity index (χ0) is 13.1. The van der Waals surface area contributed by atoms with Gasteiger partial charge >= 0.3 is 0 Å². The topological polar surface area (TPSA) is 17.1 Å². The highest BCUT2D eigenvalue weighted by Gasteiger charge is 2.09. The van der Waals surface area contributed by atoms with E-state index in [4.69, 9.17) is 0 Å². The van der Waals surface area contributed by atoms with Crippen molar-refractivity contribution in [2.45, 2.75) is 24.5 Å². The lowest BCUT2D eigenvalue weighted by Gasteiger charge is -2.09. The van der Waals surface area contributed by atoms with Crippen LogP contribution >= 0.6 is 0 Å². The average molecular weight is 262 g/mol. The molecule has 0 aromatic heterocycles. The second kappa shape index (κ2) is 5.44. The predicted octanol–water partition coefficient (Wildman–Crippen LogP) is 3.75. The molecular weight excluding hydrogens is 247 g/mol. The Bertz CT molecular complexity index is 573. The van der Waals surface area contributed by atoms with Crippen molar-refractivity contribution >= 4 is 10.8 Å². The smallest absolute Gasteiger partial charge is 0.124 e. The fraction of sp³-hybridized carbons (Fsp3) is 0.200. The predicted molar refractivity (Wildman–Crippen MR) is 72.4 cm³/mol. The maximum absolute atomic E-state index is 13.1. The number of benzene rings is 2. The molecule has 94 valence electrons. The highest BCUT2D eigenvalue weighted by atomic mass is 32.2. The number of hydrogen-bond donors (Lipinski definition) is 0. The summed E-state index contributed by atoms with van der Waals surface area (Å²) in [5, 5.41) is 0.